The van der Waals surface area contributed by atoms with Gasteiger partial charge in [0.05, 0.1) is 16.9 Å². The summed E-state index contributed by atoms with van der Waals surface area (Å²) in [5, 5.41) is 11.7. The molecular weight excluding hydrogens is 248 g/mol. The first kappa shape index (κ1) is 12.9. The molecule has 4 nitrogen and oxygen atoms in total. The molecule has 1 aromatic rings. The minimum Gasteiger partial charge on any atom is -0.381 e. The summed E-state index contributed by atoms with van der Waals surface area (Å²) >= 11 is 0. The van der Waals surface area contributed by atoms with Gasteiger partial charge in [0, 0.05) is 18.0 Å². The number of hydrogen-bond donors (Lipinski definition) is 1. The topological polar surface area (TPSA) is 70.0 Å². The van der Waals surface area contributed by atoms with E-state index in [4.69, 9.17) is 5.26 Å². The Balaban J connectivity index is 2.11. The molecule has 1 aromatic carbocycles. The van der Waals surface area contributed by atoms with Crippen LogP contribution in [0.4, 0.5) is 5.69 Å². The van der Waals surface area contributed by atoms with E-state index < -0.39 is 9.84 Å². The van der Waals surface area contributed by atoms with E-state index in [1.54, 1.807) is 12.1 Å². The second-order valence-corrected chi connectivity index (χ2v) is 7.00. The van der Waals surface area contributed by atoms with Crippen LogP contribution in [0.2, 0.25) is 0 Å². The fourth-order valence-corrected chi connectivity index (χ4v) is 3.85. The van der Waals surface area contributed by atoms with Gasteiger partial charge in [-0.05, 0) is 43.5 Å². The van der Waals surface area contributed by atoms with Crippen molar-refractivity contribution in [3.8, 4) is 6.07 Å². The molecular formula is C13H16N2O2S. The molecule has 0 aliphatic heterocycles. The molecule has 96 valence electrons. The van der Waals surface area contributed by atoms with Crippen molar-refractivity contribution in [2.45, 2.75) is 30.6 Å². The number of nitrogens with zero attached hydrogens (tertiary/aromatic N) is 1. The van der Waals surface area contributed by atoms with Gasteiger partial charge in [0.2, 0.25) is 0 Å². The molecule has 18 heavy (non-hydrogen) atoms. The molecule has 1 fully saturated rings. The van der Waals surface area contributed by atoms with Crippen molar-refractivity contribution >= 4 is 15.5 Å². The van der Waals surface area contributed by atoms with Crippen LogP contribution in [0.1, 0.15) is 24.8 Å². The Kier molecular flexibility index (Phi) is 3.58. The normalized spacial score (nSPS) is 23.6. The molecule has 0 aromatic heterocycles. The lowest BCUT2D eigenvalue weighted by atomic mass is 10.2. The maximum atomic E-state index is 11.7. The summed E-state index contributed by atoms with van der Waals surface area (Å²) in [6.45, 7) is 0. The zero-order valence-electron chi connectivity index (χ0n) is 10.3. The first-order valence-corrected chi connectivity index (χ1v) is 7.92. The number of nitriles is 1. The summed E-state index contributed by atoms with van der Waals surface area (Å²) in [4.78, 5) is 0. The number of benzene rings is 1. The van der Waals surface area contributed by atoms with E-state index in [9.17, 15) is 8.42 Å². The number of sulfone groups is 1. The van der Waals surface area contributed by atoms with E-state index >= 15 is 0 Å². The summed E-state index contributed by atoms with van der Waals surface area (Å²) < 4.78 is 23.3. The number of hydrogen-bond acceptors (Lipinski definition) is 4. The van der Waals surface area contributed by atoms with Crippen LogP contribution in [0, 0.1) is 11.3 Å². The number of nitrogens with one attached hydrogen (secondary N) is 1. The van der Waals surface area contributed by atoms with Crippen LogP contribution in [-0.4, -0.2) is 26.0 Å². The summed E-state index contributed by atoms with van der Waals surface area (Å²) in [6, 6.07) is 9.13. The van der Waals surface area contributed by atoms with Gasteiger partial charge >= 0.3 is 0 Å². The Bertz CT molecular complexity index is 558. The first-order valence-electron chi connectivity index (χ1n) is 5.96. The third kappa shape index (κ3) is 2.82. The monoisotopic (exact) mass is 264 g/mol. The average Bonchev–Trinajstić information content (AvgIpc) is 2.78. The summed E-state index contributed by atoms with van der Waals surface area (Å²) in [5.41, 5.74) is 1.47. The first-order chi connectivity index (χ1) is 8.50. The number of anilines is 1. The molecule has 0 spiro atoms. The molecule has 1 aliphatic carbocycles. The van der Waals surface area contributed by atoms with Gasteiger partial charge in [-0.15, -0.1) is 0 Å². The summed E-state index contributed by atoms with van der Waals surface area (Å²) in [6.07, 6.45) is 3.84. The highest BCUT2D eigenvalue weighted by atomic mass is 32.2. The molecule has 5 heteroatoms. The van der Waals surface area contributed by atoms with Crippen LogP contribution in [0.3, 0.4) is 0 Å². The highest BCUT2D eigenvalue weighted by molar-refractivity contribution is 7.91. The lowest BCUT2D eigenvalue weighted by molar-refractivity contribution is 0.579. The second-order valence-electron chi connectivity index (χ2n) is 4.74. The van der Waals surface area contributed by atoms with Gasteiger partial charge in [-0.25, -0.2) is 8.42 Å². The number of rotatable bonds is 3. The van der Waals surface area contributed by atoms with Crippen molar-refractivity contribution in [3.05, 3.63) is 29.8 Å². The Morgan fingerprint density at radius 3 is 2.50 bits per heavy atom. The molecule has 2 rings (SSSR count). The van der Waals surface area contributed by atoms with Crippen molar-refractivity contribution < 1.29 is 8.42 Å². The third-order valence-corrected chi connectivity index (χ3v) is 5.03. The largest absolute Gasteiger partial charge is 0.381 e. The Morgan fingerprint density at radius 2 is 1.94 bits per heavy atom. The Hall–Kier alpha value is -1.54. The smallest absolute Gasteiger partial charge is 0.152 e. The lowest BCUT2D eigenvalue weighted by Crippen LogP contribution is -2.34. The van der Waals surface area contributed by atoms with E-state index in [1.807, 2.05) is 12.1 Å². The van der Waals surface area contributed by atoms with Crippen molar-refractivity contribution in [2.24, 2.45) is 0 Å². The quantitative estimate of drug-likeness (QED) is 0.905. The van der Waals surface area contributed by atoms with E-state index in [2.05, 4.69) is 11.4 Å². The van der Waals surface area contributed by atoms with Crippen molar-refractivity contribution in [2.75, 3.05) is 11.6 Å². The average molecular weight is 264 g/mol. The molecule has 0 radical (unpaired) electrons. The van der Waals surface area contributed by atoms with Crippen LogP contribution in [0.25, 0.3) is 0 Å². The van der Waals surface area contributed by atoms with E-state index in [1.165, 1.54) is 6.26 Å². The zero-order valence-corrected chi connectivity index (χ0v) is 11.1. The Morgan fingerprint density at radius 1 is 1.28 bits per heavy atom. The maximum absolute atomic E-state index is 11.7. The molecule has 0 heterocycles. The highest BCUT2D eigenvalue weighted by Crippen LogP contribution is 2.28. The van der Waals surface area contributed by atoms with Crippen LogP contribution >= 0.6 is 0 Å². The van der Waals surface area contributed by atoms with Crippen LogP contribution in [0.15, 0.2) is 24.3 Å². The van der Waals surface area contributed by atoms with Crippen LogP contribution < -0.4 is 5.32 Å². The van der Waals surface area contributed by atoms with Crippen molar-refractivity contribution in [1.29, 1.82) is 5.26 Å². The summed E-state index contributed by atoms with van der Waals surface area (Å²) in [5.74, 6) is 0. The molecule has 1 aliphatic rings. The summed E-state index contributed by atoms with van der Waals surface area (Å²) in [7, 11) is -3.00. The van der Waals surface area contributed by atoms with Gasteiger partial charge in [-0.2, -0.15) is 5.26 Å². The maximum Gasteiger partial charge on any atom is 0.152 e. The lowest BCUT2D eigenvalue weighted by Gasteiger charge is -2.20. The van der Waals surface area contributed by atoms with Gasteiger partial charge in [0.25, 0.3) is 0 Å². The van der Waals surface area contributed by atoms with Crippen molar-refractivity contribution in [3.63, 3.8) is 0 Å². The molecule has 2 unspecified atom stereocenters. The van der Waals surface area contributed by atoms with Crippen LogP contribution in [0.5, 0.6) is 0 Å². The SMILES string of the molecule is CS(=O)(=O)C1CCCC1Nc1ccc(C#N)cc1. The fraction of sp³-hybridized carbons (Fsp3) is 0.462. The van der Waals surface area contributed by atoms with Gasteiger partial charge in [0.15, 0.2) is 9.84 Å². The molecule has 1 N–H and O–H groups in total. The van der Waals surface area contributed by atoms with Gasteiger partial charge in [0.1, 0.15) is 0 Å². The van der Waals surface area contributed by atoms with Gasteiger partial charge < -0.3 is 5.32 Å². The van der Waals surface area contributed by atoms with E-state index in [0.717, 1.165) is 24.9 Å². The standard InChI is InChI=1S/C13H16N2O2S/c1-18(16,17)13-4-2-3-12(13)15-11-7-5-10(9-14)6-8-11/h5-8,12-13,15H,2-4H2,1H3. The Labute approximate surface area is 108 Å². The van der Waals surface area contributed by atoms with E-state index in [0.29, 0.717) is 5.56 Å². The molecule has 1 saturated carbocycles. The minimum atomic E-state index is -3.00. The predicted molar refractivity (Wildman–Crippen MR) is 71.1 cm³/mol. The minimum absolute atomic E-state index is 0.0204. The van der Waals surface area contributed by atoms with Gasteiger partial charge in [-0.1, -0.05) is 0 Å². The molecule has 0 saturated heterocycles. The van der Waals surface area contributed by atoms with Crippen LogP contribution in [-0.2, 0) is 9.84 Å². The van der Waals surface area contributed by atoms with Gasteiger partial charge in [-0.3, -0.25) is 0 Å². The highest BCUT2D eigenvalue weighted by Gasteiger charge is 2.34. The van der Waals surface area contributed by atoms with Crippen molar-refractivity contribution in [1.82, 2.24) is 0 Å². The predicted octanol–water partition coefficient (Wildman–Crippen LogP) is 1.94. The fourth-order valence-electron chi connectivity index (χ4n) is 2.46. The molecule has 2 atom stereocenters. The molecule has 0 amide bonds. The third-order valence-electron chi connectivity index (χ3n) is 3.37. The second kappa shape index (κ2) is 4.99. The molecule has 0 bridgehead atoms. The zero-order chi connectivity index (χ0) is 13.2. The van der Waals surface area contributed by atoms with E-state index in [-0.39, 0.29) is 11.3 Å².